The minimum atomic E-state index is -4.44. The van der Waals surface area contributed by atoms with Crippen molar-refractivity contribution >= 4 is 22.6 Å². The first-order valence-electron chi connectivity index (χ1n) is 9.60. The molecule has 2 aromatic heterocycles. The Labute approximate surface area is 161 Å². The Bertz CT molecular complexity index is 857. The highest BCUT2D eigenvalue weighted by atomic mass is 19.4. The standard InChI is InChI=1S/C19H24F3N5O/c1-23-8-12-2-4-13(5-3-12)27-11-26(10-19(20,21)22)18(28)15-9-25-17-14(16(15)27)6-7-24-17/h6-7,9,12-13,23H,2-5,8,10-11H2,1H3,(H,24,25). The molecule has 4 rings (SSSR count). The predicted octanol–water partition coefficient (Wildman–Crippen LogP) is 3.12. The molecule has 0 spiro atoms. The van der Waals surface area contributed by atoms with Crippen LogP contribution in [0.1, 0.15) is 36.0 Å². The van der Waals surface area contributed by atoms with Crippen molar-refractivity contribution in [3.63, 3.8) is 0 Å². The number of halogens is 3. The molecular formula is C19H24F3N5O. The number of amides is 1. The first kappa shape index (κ1) is 19.0. The molecule has 9 heteroatoms. The van der Waals surface area contributed by atoms with Crippen LogP contribution in [0.2, 0.25) is 0 Å². The molecule has 3 heterocycles. The number of nitrogens with one attached hydrogen (secondary N) is 2. The number of alkyl halides is 3. The fourth-order valence-electron chi connectivity index (χ4n) is 4.53. The molecule has 1 aliphatic carbocycles. The van der Waals surface area contributed by atoms with Gasteiger partial charge in [0.1, 0.15) is 12.2 Å². The Morgan fingerprint density at radius 1 is 1.29 bits per heavy atom. The number of hydrogen-bond acceptors (Lipinski definition) is 4. The number of carbonyl (C=O) groups excluding carboxylic acids is 1. The highest BCUT2D eigenvalue weighted by molar-refractivity contribution is 6.08. The van der Waals surface area contributed by atoms with Gasteiger partial charge in [0.05, 0.1) is 17.9 Å². The zero-order valence-electron chi connectivity index (χ0n) is 15.7. The van der Waals surface area contributed by atoms with E-state index in [9.17, 15) is 18.0 Å². The SMILES string of the molecule is CNCC1CCC(N2CN(CC(F)(F)F)C(=O)c3cnc4[nH]ccc4c32)CC1. The molecule has 1 saturated carbocycles. The maximum absolute atomic E-state index is 13.1. The summed E-state index contributed by atoms with van der Waals surface area (Å²) >= 11 is 0. The summed E-state index contributed by atoms with van der Waals surface area (Å²) in [5, 5.41) is 3.99. The van der Waals surface area contributed by atoms with E-state index in [0.29, 0.717) is 17.3 Å². The average molecular weight is 395 g/mol. The zero-order valence-corrected chi connectivity index (χ0v) is 15.7. The van der Waals surface area contributed by atoms with Crippen molar-refractivity contribution in [2.24, 2.45) is 5.92 Å². The molecule has 1 fully saturated rings. The van der Waals surface area contributed by atoms with E-state index in [2.05, 4.69) is 15.3 Å². The fraction of sp³-hybridized carbons (Fsp3) is 0.579. The van der Waals surface area contributed by atoms with Crippen molar-refractivity contribution in [3.8, 4) is 0 Å². The molecular weight excluding hydrogens is 371 g/mol. The number of carbonyl (C=O) groups is 1. The van der Waals surface area contributed by atoms with E-state index in [-0.39, 0.29) is 18.3 Å². The van der Waals surface area contributed by atoms with Gasteiger partial charge in [0.2, 0.25) is 0 Å². The van der Waals surface area contributed by atoms with Crippen LogP contribution in [0.15, 0.2) is 18.5 Å². The monoisotopic (exact) mass is 395 g/mol. The lowest BCUT2D eigenvalue weighted by Crippen LogP contribution is -2.54. The molecule has 6 nitrogen and oxygen atoms in total. The number of aromatic amines is 1. The molecule has 0 unspecified atom stereocenters. The van der Waals surface area contributed by atoms with E-state index < -0.39 is 18.6 Å². The van der Waals surface area contributed by atoms with Crippen LogP contribution in [0.5, 0.6) is 0 Å². The van der Waals surface area contributed by atoms with Gasteiger partial charge in [-0.05, 0) is 51.3 Å². The van der Waals surface area contributed by atoms with Crippen molar-refractivity contribution in [2.75, 3.05) is 31.7 Å². The molecule has 1 aliphatic heterocycles. The van der Waals surface area contributed by atoms with Crippen LogP contribution in [0.3, 0.4) is 0 Å². The van der Waals surface area contributed by atoms with Gasteiger partial charge < -0.3 is 20.1 Å². The van der Waals surface area contributed by atoms with E-state index in [4.69, 9.17) is 0 Å². The van der Waals surface area contributed by atoms with E-state index in [1.54, 1.807) is 6.20 Å². The van der Waals surface area contributed by atoms with Crippen molar-refractivity contribution in [3.05, 3.63) is 24.0 Å². The second-order valence-corrected chi connectivity index (χ2v) is 7.72. The largest absolute Gasteiger partial charge is 0.406 e. The lowest BCUT2D eigenvalue weighted by Gasteiger charge is -2.45. The Balaban J connectivity index is 1.69. The molecule has 0 atom stereocenters. The molecule has 28 heavy (non-hydrogen) atoms. The van der Waals surface area contributed by atoms with Gasteiger partial charge >= 0.3 is 6.18 Å². The molecule has 152 valence electrons. The van der Waals surface area contributed by atoms with Crippen LogP contribution in [0, 0.1) is 5.92 Å². The highest BCUT2D eigenvalue weighted by Gasteiger charge is 2.41. The first-order chi connectivity index (χ1) is 13.4. The predicted molar refractivity (Wildman–Crippen MR) is 100 cm³/mol. The zero-order chi connectivity index (χ0) is 19.9. The van der Waals surface area contributed by atoms with E-state index >= 15 is 0 Å². The summed E-state index contributed by atoms with van der Waals surface area (Å²) in [6, 6.07) is 1.95. The van der Waals surface area contributed by atoms with Gasteiger partial charge in [-0.1, -0.05) is 0 Å². The minimum Gasteiger partial charge on any atom is -0.349 e. The number of rotatable bonds is 4. The van der Waals surface area contributed by atoms with Crippen LogP contribution in [-0.2, 0) is 0 Å². The van der Waals surface area contributed by atoms with Gasteiger partial charge in [-0.15, -0.1) is 0 Å². The van der Waals surface area contributed by atoms with Gasteiger partial charge in [0, 0.05) is 23.8 Å². The summed E-state index contributed by atoms with van der Waals surface area (Å²) < 4.78 is 39.2. The van der Waals surface area contributed by atoms with E-state index in [0.717, 1.165) is 42.5 Å². The lowest BCUT2D eigenvalue weighted by atomic mass is 9.84. The van der Waals surface area contributed by atoms with Crippen LogP contribution in [-0.4, -0.2) is 59.8 Å². The van der Waals surface area contributed by atoms with Crippen LogP contribution < -0.4 is 10.2 Å². The van der Waals surface area contributed by atoms with Crippen LogP contribution in [0.25, 0.3) is 11.0 Å². The Kier molecular flexibility index (Phi) is 4.95. The van der Waals surface area contributed by atoms with Gasteiger partial charge in [0.25, 0.3) is 5.91 Å². The smallest absolute Gasteiger partial charge is 0.349 e. The summed E-state index contributed by atoms with van der Waals surface area (Å²) in [7, 11) is 1.93. The molecule has 0 aromatic carbocycles. The third kappa shape index (κ3) is 3.55. The Hall–Kier alpha value is -2.29. The number of anilines is 1. The van der Waals surface area contributed by atoms with Crippen LogP contribution in [0.4, 0.5) is 18.9 Å². The van der Waals surface area contributed by atoms with Gasteiger partial charge in [-0.3, -0.25) is 4.79 Å². The maximum atomic E-state index is 13.1. The van der Waals surface area contributed by atoms with Crippen molar-refractivity contribution in [1.82, 2.24) is 20.2 Å². The Morgan fingerprint density at radius 2 is 2.04 bits per heavy atom. The molecule has 2 aromatic rings. The third-order valence-electron chi connectivity index (χ3n) is 5.81. The molecule has 2 aliphatic rings. The second-order valence-electron chi connectivity index (χ2n) is 7.72. The Morgan fingerprint density at radius 3 is 2.71 bits per heavy atom. The first-order valence-corrected chi connectivity index (χ1v) is 9.60. The van der Waals surface area contributed by atoms with Gasteiger partial charge in [0.15, 0.2) is 0 Å². The fourth-order valence-corrected chi connectivity index (χ4v) is 4.53. The number of pyridine rings is 1. The number of aromatic nitrogens is 2. The maximum Gasteiger partial charge on any atom is 0.406 e. The molecule has 0 radical (unpaired) electrons. The van der Waals surface area contributed by atoms with Crippen molar-refractivity contribution in [1.29, 1.82) is 0 Å². The third-order valence-corrected chi connectivity index (χ3v) is 5.81. The molecule has 1 amide bonds. The number of nitrogens with zero attached hydrogens (tertiary/aromatic N) is 3. The topological polar surface area (TPSA) is 64.3 Å². The summed E-state index contributed by atoms with van der Waals surface area (Å²) in [4.78, 5) is 22.9. The number of fused-ring (bicyclic) bond motifs is 3. The van der Waals surface area contributed by atoms with E-state index in [1.807, 2.05) is 18.0 Å². The molecule has 0 saturated heterocycles. The summed E-state index contributed by atoms with van der Waals surface area (Å²) in [6.45, 7) is -0.340. The summed E-state index contributed by atoms with van der Waals surface area (Å²) in [6.07, 6.45) is 2.54. The van der Waals surface area contributed by atoms with Gasteiger partial charge in [-0.2, -0.15) is 13.2 Å². The summed E-state index contributed by atoms with van der Waals surface area (Å²) in [5.74, 6) is -0.0221. The second kappa shape index (κ2) is 7.27. The van der Waals surface area contributed by atoms with Crippen molar-refractivity contribution in [2.45, 2.75) is 37.9 Å². The van der Waals surface area contributed by atoms with Crippen molar-refractivity contribution < 1.29 is 18.0 Å². The number of hydrogen-bond donors (Lipinski definition) is 2. The van der Waals surface area contributed by atoms with Gasteiger partial charge in [-0.25, -0.2) is 4.98 Å². The van der Waals surface area contributed by atoms with E-state index in [1.165, 1.54) is 6.20 Å². The lowest BCUT2D eigenvalue weighted by molar-refractivity contribution is -0.141. The number of H-pyrrole nitrogens is 1. The van der Waals surface area contributed by atoms with Crippen LogP contribution >= 0.6 is 0 Å². The highest BCUT2D eigenvalue weighted by Crippen LogP contribution is 2.39. The molecule has 2 N–H and O–H groups in total. The minimum absolute atomic E-state index is 0.0446. The quantitative estimate of drug-likeness (QED) is 0.835. The molecule has 0 bridgehead atoms. The average Bonchev–Trinajstić information content (AvgIpc) is 3.12. The summed E-state index contributed by atoms with van der Waals surface area (Å²) in [5.41, 5.74) is 1.61. The normalized spacial score (nSPS) is 23.4.